The smallest absolute Gasteiger partial charge is 0.278 e. The number of ether oxygens (including phenoxy) is 2. The molecule has 2 aromatic rings. The summed E-state index contributed by atoms with van der Waals surface area (Å²) in [5.74, 6) is -1.19. The number of halogens is 1. The van der Waals surface area contributed by atoms with E-state index in [1.165, 1.54) is 24.3 Å². The summed E-state index contributed by atoms with van der Waals surface area (Å²) >= 11 is 0. The average Bonchev–Trinajstić information content (AvgIpc) is 3.33. The molecule has 0 radical (unpaired) electrons. The van der Waals surface area contributed by atoms with E-state index in [1.54, 1.807) is 18.2 Å². The normalized spacial score (nSPS) is 23.1. The molecule has 2 atom stereocenters. The van der Waals surface area contributed by atoms with E-state index in [-0.39, 0.29) is 6.79 Å². The first-order valence-electron chi connectivity index (χ1n) is 7.90. The number of benzene rings is 2. The van der Waals surface area contributed by atoms with Gasteiger partial charge in [0.2, 0.25) is 18.8 Å². The van der Waals surface area contributed by atoms with Crippen LogP contribution in [0.25, 0.3) is 0 Å². The minimum Gasteiger partial charge on any atom is -0.454 e. The largest absolute Gasteiger partial charge is 0.454 e. The number of hydrogen-bond donors (Lipinski definition) is 0. The lowest BCUT2D eigenvalue weighted by Crippen LogP contribution is -2.33. The maximum absolute atomic E-state index is 13.2. The van der Waals surface area contributed by atoms with E-state index < -0.39 is 29.7 Å². The number of rotatable bonds is 2. The van der Waals surface area contributed by atoms with E-state index in [0.29, 0.717) is 28.5 Å². The van der Waals surface area contributed by atoms with Crippen molar-refractivity contribution in [1.29, 1.82) is 0 Å². The molecule has 2 aromatic carbocycles. The second-order valence-corrected chi connectivity index (χ2v) is 6.04. The predicted octanol–water partition coefficient (Wildman–Crippen LogP) is 1.85. The molecule has 1 saturated heterocycles. The Morgan fingerprint density at radius 3 is 2.58 bits per heavy atom. The first-order chi connectivity index (χ1) is 12.6. The molecule has 3 heterocycles. The van der Waals surface area contributed by atoms with Gasteiger partial charge in [-0.15, -0.1) is 0 Å². The summed E-state index contributed by atoms with van der Waals surface area (Å²) < 4.78 is 23.7. The fourth-order valence-electron chi connectivity index (χ4n) is 3.32. The molecule has 130 valence electrons. The van der Waals surface area contributed by atoms with Gasteiger partial charge in [-0.2, -0.15) is 0 Å². The Hall–Kier alpha value is -3.42. The molecule has 3 aliphatic heterocycles. The SMILES string of the molecule is O=C1[C@H]2C(c3ccc(F)cc3)=NO[C@H]2C(=O)N1c1ccc2c(c1)OCO2. The van der Waals surface area contributed by atoms with Crippen molar-refractivity contribution in [2.24, 2.45) is 11.1 Å². The van der Waals surface area contributed by atoms with E-state index in [9.17, 15) is 14.0 Å². The zero-order valence-corrected chi connectivity index (χ0v) is 13.2. The highest BCUT2D eigenvalue weighted by Crippen LogP contribution is 2.40. The summed E-state index contributed by atoms with van der Waals surface area (Å²) in [7, 11) is 0. The molecule has 26 heavy (non-hydrogen) atoms. The van der Waals surface area contributed by atoms with Crippen molar-refractivity contribution in [3.8, 4) is 11.5 Å². The van der Waals surface area contributed by atoms with Gasteiger partial charge in [0.25, 0.3) is 5.91 Å². The molecular weight excluding hydrogens is 343 g/mol. The van der Waals surface area contributed by atoms with Gasteiger partial charge in [0.1, 0.15) is 17.4 Å². The molecule has 0 unspecified atom stereocenters. The number of hydrogen-bond acceptors (Lipinski definition) is 6. The summed E-state index contributed by atoms with van der Waals surface area (Å²) in [6.07, 6.45) is -1.02. The van der Waals surface area contributed by atoms with Gasteiger partial charge in [-0.25, -0.2) is 9.29 Å². The molecule has 5 rings (SSSR count). The van der Waals surface area contributed by atoms with Gasteiger partial charge in [-0.1, -0.05) is 17.3 Å². The second-order valence-electron chi connectivity index (χ2n) is 6.04. The highest BCUT2D eigenvalue weighted by atomic mass is 19.1. The number of oxime groups is 1. The summed E-state index contributed by atoms with van der Waals surface area (Å²) in [6, 6.07) is 10.4. The molecule has 2 amide bonds. The molecule has 0 N–H and O–H groups in total. The number of amides is 2. The molecule has 0 aliphatic carbocycles. The number of anilines is 1. The monoisotopic (exact) mass is 354 g/mol. The van der Waals surface area contributed by atoms with Gasteiger partial charge < -0.3 is 14.3 Å². The van der Waals surface area contributed by atoms with Crippen molar-refractivity contribution in [3.05, 3.63) is 53.8 Å². The van der Waals surface area contributed by atoms with Crippen LogP contribution in [0.4, 0.5) is 10.1 Å². The van der Waals surface area contributed by atoms with Crippen molar-refractivity contribution >= 4 is 23.2 Å². The van der Waals surface area contributed by atoms with Crippen LogP contribution in [0.2, 0.25) is 0 Å². The van der Waals surface area contributed by atoms with Crippen LogP contribution >= 0.6 is 0 Å². The lowest BCUT2D eigenvalue weighted by atomic mass is 9.94. The standard InChI is InChI=1S/C18H11FN2O5/c19-10-3-1-9(2-4-10)15-14-16(26-20-15)18(23)21(17(14)22)11-5-6-12-13(7-11)25-8-24-12/h1-7,14,16H,8H2/t14-,16+/m0/s1. The van der Waals surface area contributed by atoms with Crippen LogP contribution in [-0.2, 0) is 14.4 Å². The Kier molecular flexibility index (Phi) is 3.03. The van der Waals surface area contributed by atoms with Gasteiger partial charge in [-0.05, 0) is 24.3 Å². The van der Waals surface area contributed by atoms with E-state index in [1.807, 2.05) is 0 Å². The molecule has 0 aromatic heterocycles. The molecular formula is C18H11FN2O5. The summed E-state index contributed by atoms with van der Waals surface area (Å²) in [6.45, 7) is 0.0937. The third kappa shape index (κ3) is 2.01. The molecule has 0 bridgehead atoms. The van der Waals surface area contributed by atoms with Crippen molar-refractivity contribution < 1.29 is 28.3 Å². The minimum absolute atomic E-state index is 0.0937. The summed E-state index contributed by atoms with van der Waals surface area (Å²) in [5, 5.41) is 3.89. The van der Waals surface area contributed by atoms with Crippen molar-refractivity contribution in [2.75, 3.05) is 11.7 Å². The number of imide groups is 1. The van der Waals surface area contributed by atoms with Gasteiger partial charge in [0, 0.05) is 11.6 Å². The summed E-state index contributed by atoms with van der Waals surface area (Å²) in [4.78, 5) is 31.9. The van der Waals surface area contributed by atoms with Gasteiger partial charge in [-0.3, -0.25) is 9.59 Å². The van der Waals surface area contributed by atoms with Crippen molar-refractivity contribution in [2.45, 2.75) is 6.10 Å². The van der Waals surface area contributed by atoms with Crippen LogP contribution in [0.1, 0.15) is 5.56 Å². The van der Waals surface area contributed by atoms with Crippen LogP contribution in [0.3, 0.4) is 0 Å². The molecule has 0 saturated carbocycles. The van der Waals surface area contributed by atoms with Gasteiger partial charge in [0.15, 0.2) is 11.5 Å². The molecule has 0 spiro atoms. The lowest BCUT2D eigenvalue weighted by molar-refractivity contribution is -0.126. The Bertz CT molecular complexity index is 972. The zero-order chi connectivity index (χ0) is 17.8. The lowest BCUT2D eigenvalue weighted by Gasteiger charge is -2.15. The Balaban J connectivity index is 1.50. The zero-order valence-electron chi connectivity index (χ0n) is 13.2. The fraction of sp³-hybridized carbons (Fsp3) is 0.167. The Morgan fingerprint density at radius 2 is 1.77 bits per heavy atom. The summed E-state index contributed by atoms with van der Waals surface area (Å²) in [5.41, 5.74) is 1.23. The minimum atomic E-state index is -1.02. The van der Waals surface area contributed by atoms with Crippen LogP contribution in [0, 0.1) is 11.7 Å². The molecule has 8 heteroatoms. The highest BCUT2D eigenvalue weighted by Gasteiger charge is 2.56. The topological polar surface area (TPSA) is 77.4 Å². The van der Waals surface area contributed by atoms with E-state index >= 15 is 0 Å². The average molecular weight is 354 g/mol. The Labute approximate surface area is 146 Å². The maximum atomic E-state index is 13.2. The number of nitrogens with zero attached hydrogens (tertiary/aromatic N) is 2. The van der Waals surface area contributed by atoms with Gasteiger partial charge in [0.05, 0.1) is 5.69 Å². The van der Waals surface area contributed by atoms with Crippen LogP contribution < -0.4 is 14.4 Å². The van der Waals surface area contributed by atoms with Crippen LogP contribution in [0.15, 0.2) is 47.6 Å². The molecule has 7 nitrogen and oxygen atoms in total. The third-order valence-corrected chi connectivity index (χ3v) is 4.57. The third-order valence-electron chi connectivity index (χ3n) is 4.57. The maximum Gasteiger partial charge on any atom is 0.278 e. The number of carbonyl (C=O) groups is 2. The predicted molar refractivity (Wildman–Crippen MR) is 86.4 cm³/mol. The van der Waals surface area contributed by atoms with Crippen molar-refractivity contribution in [3.63, 3.8) is 0 Å². The molecule has 3 aliphatic rings. The van der Waals surface area contributed by atoms with E-state index in [4.69, 9.17) is 14.3 Å². The van der Waals surface area contributed by atoms with Crippen LogP contribution in [0.5, 0.6) is 11.5 Å². The number of fused-ring (bicyclic) bond motifs is 2. The Morgan fingerprint density at radius 1 is 1.00 bits per heavy atom. The van der Waals surface area contributed by atoms with E-state index in [2.05, 4.69) is 5.16 Å². The fourth-order valence-corrected chi connectivity index (χ4v) is 3.32. The quantitative estimate of drug-likeness (QED) is 0.769. The number of carbonyl (C=O) groups excluding carboxylic acids is 2. The molecule has 1 fully saturated rings. The highest BCUT2D eigenvalue weighted by molar-refractivity contribution is 6.32. The van der Waals surface area contributed by atoms with Crippen molar-refractivity contribution in [1.82, 2.24) is 0 Å². The first-order valence-corrected chi connectivity index (χ1v) is 7.90. The second kappa shape index (κ2) is 5.29. The van der Waals surface area contributed by atoms with Gasteiger partial charge >= 0.3 is 0 Å². The van der Waals surface area contributed by atoms with E-state index in [0.717, 1.165) is 4.90 Å². The first kappa shape index (κ1) is 14.9. The van der Waals surface area contributed by atoms with Crippen LogP contribution in [-0.4, -0.2) is 30.4 Å².